The molecule has 10 aromatic carbocycles. The highest BCUT2D eigenvalue weighted by atomic mass is 15.3. The van der Waals surface area contributed by atoms with Crippen LogP contribution in [0.15, 0.2) is 170 Å². The molecule has 3 aliphatic carbocycles. The molecular formula is C79H79N3. The SMILES string of the molecule is Cc1cc2c(cc1-c1ccc3ccc4c(-c5cc6c(cc5C)N(c5ccccc5)C5(C)CCCCC65C)cc(-c5cc6c(cc5C)N(c5ccccc5)C5(C)CCCCC65C)c5ccc1c3c45)C1(C)CCCCC1(C)N2c1ccccc1. The molecular weight excluding hydrogens is 991 g/mol. The molecule has 0 amide bonds. The molecule has 0 aromatic heterocycles. The molecule has 0 spiro atoms. The van der Waals surface area contributed by atoms with Gasteiger partial charge in [0, 0.05) is 50.4 Å². The molecule has 6 unspecified atom stereocenters. The van der Waals surface area contributed by atoms with Crippen LogP contribution in [0, 0.1) is 20.8 Å². The van der Waals surface area contributed by atoms with Gasteiger partial charge in [-0.2, -0.15) is 0 Å². The lowest BCUT2D eigenvalue weighted by Gasteiger charge is -2.50. The molecule has 410 valence electrons. The maximum Gasteiger partial charge on any atom is 0.0517 e. The van der Waals surface area contributed by atoms with Crippen molar-refractivity contribution in [3.05, 3.63) is 203 Å². The van der Waals surface area contributed by atoms with Gasteiger partial charge in [0.05, 0.1) is 16.6 Å². The molecule has 16 rings (SSSR count). The summed E-state index contributed by atoms with van der Waals surface area (Å²) in [6.45, 7) is 22.7. The van der Waals surface area contributed by atoms with Crippen molar-refractivity contribution >= 4 is 66.4 Å². The quantitative estimate of drug-likeness (QED) is 0.154. The van der Waals surface area contributed by atoms with E-state index >= 15 is 0 Å². The van der Waals surface area contributed by atoms with E-state index in [4.69, 9.17) is 0 Å². The third-order valence-corrected chi connectivity index (χ3v) is 24.0. The zero-order valence-corrected chi connectivity index (χ0v) is 50.0. The molecule has 0 N–H and O–H groups in total. The maximum absolute atomic E-state index is 2.75. The lowest BCUT2D eigenvalue weighted by molar-refractivity contribution is 0.195. The van der Waals surface area contributed by atoms with Crippen molar-refractivity contribution in [2.24, 2.45) is 0 Å². The number of nitrogens with zero attached hydrogens (tertiary/aromatic N) is 3. The van der Waals surface area contributed by atoms with Gasteiger partial charge in [-0.15, -0.1) is 0 Å². The third kappa shape index (κ3) is 6.38. The summed E-state index contributed by atoms with van der Waals surface area (Å²) < 4.78 is 0. The van der Waals surface area contributed by atoms with Crippen molar-refractivity contribution in [1.82, 2.24) is 0 Å². The number of hydrogen-bond acceptors (Lipinski definition) is 3. The van der Waals surface area contributed by atoms with E-state index in [1.807, 2.05) is 0 Å². The molecule has 3 aliphatic heterocycles. The molecule has 3 heteroatoms. The van der Waals surface area contributed by atoms with Crippen LogP contribution < -0.4 is 14.7 Å². The van der Waals surface area contributed by atoms with Gasteiger partial charge in [-0.1, -0.05) is 150 Å². The van der Waals surface area contributed by atoms with Crippen LogP contribution in [-0.4, -0.2) is 16.6 Å². The minimum Gasteiger partial charge on any atom is -0.334 e. The van der Waals surface area contributed by atoms with Gasteiger partial charge in [-0.05, 0) is 258 Å². The summed E-state index contributed by atoms with van der Waals surface area (Å²) in [5.41, 5.74) is 24.7. The van der Waals surface area contributed by atoms with Gasteiger partial charge in [0.25, 0.3) is 0 Å². The molecule has 10 aromatic rings. The van der Waals surface area contributed by atoms with Crippen molar-refractivity contribution in [2.45, 2.75) is 172 Å². The van der Waals surface area contributed by atoms with E-state index in [0.29, 0.717) is 0 Å². The van der Waals surface area contributed by atoms with Crippen LogP contribution in [0.2, 0.25) is 0 Å². The molecule has 3 saturated carbocycles. The van der Waals surface area contributed by atoms with Crippen LogP contribution in [0.25, 0.3) is 65.7 Å². The Hall–Kier alpha value is -7.36. The molecule has 3 fully saturated rings. The fraction of sp³-hybridized carbons (Fsp3) is 0.342. The monoisotopic (exact) mass is 1070 g/mol. The molecule has 0 saturated heterocycles. The van der Waals surface area contributed by atoms with Gasteiger partial charge in [0.1, 0.15) is 0 Å². The van der Waals surface area contributed by atoms with Gasteiger partial charge in [0.2, 0.25) is 0 Å². The number of para-hydroxylation sites is 3. The summed E-state index contributed by atoms with van der Waals surface area (Å²) in [4.78, 5) is 8.23. The van der Waals surface area contributed by atoms with Gasteiger partial charge in [-0.3, -0.25) is 0 Å². The zero-order chi connectivity index (χ0) is 55.9. The predicted molar refractivity (Wildman–Crippen MR) is 349 cm³/mol. The fourth-order valence-corrected chi connectivity index (χ4v) is 19.0. The standard InChI is InChI=1S/C79H79N3/c1-50-43-69-66(74(4)37-19-22-40-77(74,7)80(69)54-25-13-10-14-26-54)47-61(50)57-33-31-53-32-34-59-64(62-48-67-70(44-51(62)2)81(55-27-15-11-16-28-55)78(8)41-23-20-38-75(67,78)5)46-65(60-36-35-58(57)72(53)73(59)60)63-49-68-71(45-52(63)3)82(56-29-17-12-18-30-56)79(9)42-24-21-39-76(68,79)6/h10-18,25-36,43-49H,19-24,37-42H2,1-9H3. The summed E-state index contributed by atoms with van der Waals surface area (Å²) in [6, 6.07) is 67.1. The van der Waals surface area contributed by atoms with E-state index < -0.39 is 0 Å². The highest BCUT2D eigenvalue weighted by molar-refractivity contribution is 6.30. The smallest absolute Gasteiger partial charge is 0.0517 e. The van der Waals surface area contributed by atoms with Crippen LogP contribution in [0.3, 0.4) is 0 Å². The van der Waals surface area contributed by atoms with Crippen LogP contribution >= 0.6 is 0 Å². The number of aryl methyl sites for hydroxylation is 3. The summed E-state index contributed by atoms with van der Waals surface area (Å²) in [5, 5.41) is 8.14. The van der Waals surface area contributed by atoms with E-state index in [-0.39, 0.29) is 32.9 Å². The Morgan fingerprint density at radius 1 is 0.293 bits per heavy atom. The first kappa shape index (κ1) is 50.4. The molecule has 0 bridgehead atoms. The normalized spacial score (nSPS) is 27.2. The average molecular weight is 1070 g/mol. The fourth-order valence-electron chi connectivity index (χ4n) is 19.0. The van der Waals surface area contributed by atoms with Crippen molar-refractivity contribution in [3.8, 4) is 33.4 Å². The predicted octanol–water partition coefficient (Wildman–Crippen LogP) is 21.7. The van der Waals surface area contributed by atoms with E-state index in [1.165, 1.54) is 210 Å². The van der Waals surface area contributed by atoms with Gasteiger partial charge < -0.3 is 14.7 Å². The largest absolute Gasteiger partial charge is 0.334 e. The van der Waals surface area contributed by atoms with Gasteiger partial charge in [0.15, 0.2) is 0 Å². The summed E-state index contributed by atoms with van der Waals surface area (Å²) >= 11 is 0. The first-order valence-electron chi connectivity index (χ1n) is 31.4. The van der Waals surface area contributed by atoms with E-state index in [2.05, 4.69) is 247 Å². The Kier molecular flexibility index (Phi) is 10.7. The van der Waals surface area contributed by atoms with Crippen molar-refractivity contribution in [1.29, 1.82) is 0 Å². The topological polar surface area (TPSA) is 9.72 Å². The second kappa shape index (κ2) is 17.4. The average Bonchev–Trinajstić information content (AvgIpc) is 1.99. The zero-order valence-electron chi connectivity index (χ0n) is 50.0. The van der Waals surface area contributed by atoms with E-state index in [9.17, 15) is 0 Å². The summed E-state index contributed by atoms with van der Waals surface area (Å²) in [7, 11) is 0. The molecule has 0 radical (unpaired) electrons. The van der Waals surface area contributed by atoms with Crippen LogP contribution in [0.5, 0.6) is 0 Å². The lowest BCUT2D eigenvalue weighted by atomic mass is 9.61. The Labute approximate surface area is 487 Å². The lowest BCUT2D eigenvalue weighted by Crippen LogP contribution is -2.54. The first-order chi connectivity index (χ1) is 39.6. The number of benzene rings is 10. The maximum atomic E-state index is 2.75. The van der Waals surface area contributed by atoms with Crippen molar-refractivity contribution in [3.63, 3.8) is 0 Å². The number of rotatable bonds is 6. The van der Waals surface area contributed by atoms with E-state index in [0.717, 1.165) is 0 Å². The highest BCUT2D eigenvalue weighted by Gasteiger charge is 2.60. The van der Waals surface area contributed by atoms with Crippen molar-refractivity contribution in [2.75, 3.05) is 14.7 Å². The first-order valence-corrected chi connectivity index (χ1v) is 31.4. The minimum absolute atomic E-state index is 0.0122. The molecule has 6 aliphatic rings. The van der Waals surface area contributed by atoms with Gasteiger partial charge >= 0.3 is 0 Å². The Morgan fingerprint density at radius 2 is 0.610 bits per heavy atom. The van der Waals surface area contributed by atoms with E-state index in [1.54, 1.807) is 0 Å². The highest BCUT2D eigenvalue weighted by Crippen LogP contribution is 2.66. The third-order valence-electron chi connectivity index (χ3n) is 24.0. The molecule has 3 nitrogen and oxygen atoms in total. The number of anilines is 6. The minimum atomic E-state index is -0.0361. The number of hydrogen-bond donors (Lipinski definition) is 0. The second-order valence-corrected chi connectivity index (χ2v) is 27.8. The molecule has 6 atom stereocenters. The summed E-state index contributed by atoms with van der Waals surface area (Å²) in [6.07, 6.45) is 14.7. The number of fused-ring (bicyclic) bond motifs is 9. The molecule has 82 heavy (non-hydrogen) atoms. The Morgan fingerprint density at radius 3 is 0.988 bits per heavy atom. The van der Waals surface area contributed by atoms with Gasteiger partial charge in [-0.25, -0.2) is 0 Å². The molecule has 3 heterocycles. The summed E-state index contributed by atoms with van der Waals surface area (Å²) in [5.74, 6) is 0. The Bertz CT molecular complexity index is 4120. The second-order valence-electron chi connectivity index (χ2n) is 27.8. The van der Waals surface area contributed by atoms with Crippen LogP contribution in [-0.2, 0) is 16.2 Å². The Balaban J connectivity index is 0.961. The van der Waals surface area contributed by atoms with Crippen LogP contribution in [0.4, 0.5) is 34.1 Å². The van der Waals surface area contributed by atoms with Crippen molar-refractivity contribution < 1.29 is 0 Å². The van der Waals surface area contributed by atoms with Crippen LogP contribution in [0.1, 0.15) is 152 Å².